The third-order valence-electron chi connectivity index (χ3n) is 4.92. The molecule has 12 nitrogen and oxygen atoms in total. The number of carbonyl (C=O) groups is 3. The monoisotopic (exact) mass is 443 g/mol. The second-order valence-corrected chi connectivity index (χ2v) is 7.05. The van der Waals surface area contributed by atoms with Gasteiger partial charge >= 0.3 is 12.0 Å². The zero-order valence-electron chi connectivity index (χ0n) is 17.1. The summed E-state index contributed by atoms with van der Waals surface area (Å²) in [5.74, 6) is -1.38. The maximum atomic E-state index is 12.7. The van der Waals surface area contributed by atoms with Crippen molar-refractivity contribution in [1.82, 2.24) is 20.7 Å². The number of Topliss-reactive ketones (excluding diaryl/α,β-unsaturated/α-hetero) is 1. The maximum Gasteiger partial charge on any atom is 0.335 e. The van der Waals surface area contributed by atoms with Crippen LogP contribution in [0, 0.1) is 10.1 Å². The number of carboxylic acid groups (broad SMARTS) is 1. The highest BCUT2D eigenvalue weighted by atomic mass is 16.6. The molecule has 2 amide bonds. The van der Waals surface area contributed by atoms with Crippen molar-refractivity contribution in [2.45, 2.75) is 19.4 Å². The van der Waals surface area contributed by atoms with E-state index in [-0.39, 0.29) is 41.6 Å². The van der Waals surface area contributed by atoms with Gasteiger partial charge in [-0.05, 0) is 25.5 Å². The molecule has 2 aromatic rings. The molecule has 1 unspecified atom stereocenters. The van der Waals surface area contributed by atoms with Crippen LogP contribution in [0.3, 0.4) is 0 Å². The average Bonchev–Trinajstić information content (AvgIpc) is 3.29. The van der Waals surface area contributed by atoms with Crippen molar-refractivity contribution in [1.29, 1.82) is 0 Å². The van der Waals surface area contributed by atoms with Gasteiger partial charge in [-0.2, -0.15) is 0 Å². The molecule has 3 N–H and O–H groups in total. The first kappa shape index (κ1) is 22.6. The molecule has 1 atom stereocenters. The first-order valence-corrected chi connectivity index (χ1v) is 9.70. The minimum atomic E-state index is -1.24. The number of hydrogen-bond donors (Lipinski definition) is 3. The molecule has 0 radical (unpaired) electrons. The maximum absolute atomic E-state index is 12.7. The SMILES string of the molecule is CC1=C(C(=O)O)C(c2cccc([N+](=O)[O-])c2)N(CCCNCC(=O)c2ccno2)C(=O)N1. The summed E-state index contributed by atoms with van der Waals surface area (Å²) in [6.07, 6.45) is 1.76. The Morgan fingerprint density at radius 1 is 1.38 bits per heavy atom. The number of ketones is 1. The Labute approximate surface area is 182 Å². The second kappa shape index (κ2) is 9.83. The van der Waals surface area contributed by atoms with Gasteiger partial charge in [0.25, 0.3) is 5.69 Å². The average molecular weight is 443 g/mol. The Kier molecular flexibility index (Phi) is 6.95. The van der Waals surface area contributed by atoms with E-state index < -0.39 is 23.0 Å². The standard InChI is InChI=1S/C20H21N5O7/c1-12-17(19(27)28)18(13-4-2-5-14(10-13)25(30)31)24(20(29)23-12)9-3-7-21-11-15(26)16-6-8-22-32-16/h2,4-6,8,10,18,21H,3,7,9,11H2,1H3,(H,23,29)(H,27,28). The van der Waals surface area contributed by atoms with Gasteiger partial charge in [0, 0.05) is 30.4 Å². The van der Waals surface area contributed by atoms with Gasteiger partial charge in [0.1, 0.15) is 0 Å². The number of aromatic nitrogens is 1. The fraction of sp³-hybridized carbons (Fsp3) is 0.300. The molecule has 1 aliphatic rings. The van der Waals surface area contributed by atoms with Gasteiger partial charge < -0.3 is 25.2 Å². The number of allylic oxidation sites excluding steroid dienone is 1. The quantitative estimate of drug-likeness (QED) is 0.215. The van der Waals surface area contributed by atoms with Gasteiger partial charge in [-0.25, -0.2) is 9.59 Å². The van der Waals surface area contributed by atoms with Crippen molar-refractivity contribution in [3.8, 4) is 0 Å². The van der Waals surface area contributed by atoms with Crippen LogP contribution in [-0.2, 0) is 4.79 Å². The number of nitro groups is 1. The number of benzene rings is 1. The van der Waals surface area contributed by atoms with Crippen LogP contribution in [0.15, 0.2) is 52.3 Å². The molecule has 0 saturated heterocycles. The molecule has 1 aromatic heterocycles. The molecule has 3 rings (SSSR count). The summed E-state index contributed by atoms with van der Waals surface area (Å²) in [5, 5.41) is 29.9. The molecule has 12 heteroatoms. The van der Waals surface area contributed by atoms with E-state index in [1.807, 2.05) is 0 Å². The summed E-state index contributed by atoms with van der Waals surface area (Å²) in [4.78, 5) is 48.4. The Hall–Kier alpha value is -4.06. The number of hydrogen-bond acceptors (Lipinski definition) is 8. The van der Waals surface area contributed by atoms with E-state index in [9.17, 15) is 29.6 Å². The zero-order chi connectivity index (χ0) is 23.3. The van der Waals surface area contributed by atoms with Crippen LogP contribution in [-0.4, -0.2) is 57.5 Å². The van der Waals surface area contributed by atoms with E-state index in [0.29, 0.717) is 18.5 Å². The van der Waals surface area contributed by atoms with Gasteiger partial charge in [0.05, 0.1) is 29.3 Å². The van der Waals surface area contributed by atoms with Crippen LogP contribution in [0.1, 0.15) is 35.5 Å². The number of carboxylic acids is 1. The van der Waals surface area contributed by atoms with Crippen molar-refractivity contribution in [2.75, 3.05) is 19.6 Å². The minimum absolute atomic E-state index is 0.00901. The van der Waals surface area contributed by atoms with Crippen molar-refractivity contribution in [3.63, 3.8) is 0 Å². The molecule has 1 aliphatic heterocycles. The van der Waals surface area contributed by atoms with Crippen molar-refractivity contribution in [3.05, 3.63) is 69.2 Å². The Balaban J connectivity index is 1.74. The van der Waals surface area contributed by atoms with Crippen molar-refractivity contribution < 1.29 is 28.9 Å². The van der Waals surface area contributed by atoms with Crippen LogP contribution in [0.5, 0.6) is 0 Å². The molecule has 0 saturated carbocycles. The van der Waals surface area contributed by atoms with E-state index in [1.54, 1.807) is 6.07 Å². The van der Waals surface area contributed by atoms with Gasteiger partial charge in [0.15, 0.2) is 0 Å². The number of carbonyl (C=O) groups excluding carboxylic acids is 2. The summed E-state index contributed by atoms with van der Waals surface area (Å²) in [6.45, 7) is 1.98. The summed E-state index contributed by atoms with van der Waals surface area (Å²) in [6, 6.07) is 5.49. The van der Waals surface area contributed by atoms with Crippen molar-refractivity contribution in [2.24, 2.45) is 0 Å². The largest absolute Gasteiger partial charge is 0.478 e. The third kappa shape index (κ3) is 4.98. The number of aliphatic carboxylic acids is 1. The lowest BCUT2D eigenvalue weighted by molar-refractivity contribution is -0.384. The normalized spacial score (nSPS) is 16.1. The predicted molar refractivity (Wildman–Crippen MR) is 110 cm³/mol. The van der Waals surface area contributed by atoms with E-state index in [1.165, 1.54) is 42.3 Å². The fourth-order valence-electron chi connectivity index (χ4n) is 3.46. The molecular weight excluding hydrogens is 422 g/mol. The summed E-state index contributed by atoms with van der Waals surface area (Å²) in [7, 11) is 0. The predicted octanol–water partition coefficient (Wildman–Crippen LogP) is 1.87. The highest BCUT2D eigenvalue weighted by Gasteiger charge is 2.37. The van der Waals surface area contributed by atoms with Crippen LogP contribution in [0.4, 0.5) is 10.5 Å². The van der Waals surface area contributed by atoms with Gasteiger partial charge in [-0.15, -0.1) is 0 Å². The van der Waals surface area contributed by atoms with Crippen LogP contribution in [0.25, 0.3) is 0 Å². The van der Waals surface area contributed by atoms with Crippen LogP contribution < -0.4 is 10.6 Å². The Morgan fingerprint density at radius 2 is 2.16 bits per heavy atom. The van der Waals surface area contributed by atoms with E-state index >= 15 is 0 Å². The number of rotatable bonds is 10. The molecule has 0 spiro atoms. The number of nitrogens with zero attached hydrogens (tertiary/aromatic N) is 3. The lowest BCUT2D eigenvalue weighted by Crippen LogP contribution is -2.49. The smallest absolute Gasteiger partial charge is 0.335 e. The van der Waals surface area contributed by atoms with Crippen LogP contribution >= 0.6 is 0 Å². The summed E-state index contributed by atoms with van der Waals surface area (Å²) in [5.41, 5.74) is 0.215. The number of nitro benzene ring substituents is 1. The topological polar surface area (TPSA) is 168 Å². The highest BCUT2D eigenvalue weighted by Crippen LogP contribution is 2.35. The first-order chi connectivity index (χ1) is 15.3. The van der Waals surface area contributed by atoms with E-state index in [0.717, 1.165) is 0 Å². The number of non-ortho nitro benzene ring substituents is 1. The molecule has 1 aromatic carbocycles. The highest BCUT2D eigenvalue weighted by molar-refractivity contribution is 5.95. The summed E-state index contributed by atoms with van der Waals surface area (Å²) < 4.78 is 4.79. The molecule has 32 heavy (non-hydrogen) atoms. The molecule has 2 heterocycles. The number of nitrogens with one attached hydrogen (secondary N) is 2. The van der Waals surface area contributed by atoms with Gasteiger partial charge in [-0.3, -0.25) is 14.9 Å². The fourth-order valence-corrected chi connectivity index (χ4v) is 3.46. The van der Waals surface area contributed by atoms with Crippen LogP contribution in [0.2, 0.25) is 0 Å². The van der Waals surface area contributed by atoms with Crippen molar-refractivity contribution >= 4 is 23.5 Å². The Bertz CT molecular complexity index is 1060. The lowest BCUT2D eigenvalue weighted by atomic mass is 9.93. The first-order valence-electron chi connectivity index (χ1n) is 9.70. The summed E-state index contributed by atoms with van der Waals surface area (Å²) >= 11 is 0. The Morgan fingerprint density at radius 3 is 2.81 bits per heavy atom. The number of urea groups is 1. The molecule has 0 bridgehead atoms. The minimum Gasteiger partial charge on any atom is -0.478 e. The number of amides is 2. The van der Waals surface area contributed by atoms with E-state index in [2.05, 4.69) is 15.8 Å². The second-order valence-electron chi connectivity index (χ2n) is 7.05. The molecule has 0 fully saturated rings. The lowest BCUT2D eigenvalue weighted by Gasteiger charge is -2.37. The van der Waals surface area contributed by atoms with E-state index in [4.69, 9.17) is 4.52 Å². The van der Waals surface area contributed by atoms with Gasteiger partial charge in [0.2, 0.25) is 11.5 Å². The zero-order valence-corrected chi connectivity index (χ0v) is 17.1. The third-order valence-corrected chi connectivity index (χ3v) is 4.92. The van der Waals surface area contributed by atoms with Gasteiger partial charge in [-0.1, -0.05) is 17.3 Å². The molecule has 0 aliphatic carbocycles. The molecule has 168 valence electrons. The molecular formula is C20H21N5O7.